The molecule has 1 aliphatic rings. The van der Waals surface area contributed by atoms with Crippen LogP contribution in [0.5, 0.6) is 5.75 Å². The summed E-state index contributed by atoms with van der Waals surface area (Å²) in [5.74, 6) is 0.271. The lowest BCUT2D eigenvalue weighted by Gasteiger charge is -2.35. The largest absolute Gasteiger partial charge is 0.493 e. The van der Waals surface area contributed by atoms with Crippen molar-refractivity contribution < 1.29 is 14.3 Å². The predicted molar refractivity (Wildman–Crippen MR) is 92.5 cm³/mol. The number of carbonyl (C=O) groups is 2. The number of hydrogen-bond acceptors (Lipinski definition) is 4. The van der Waals surface area contributed by atoms with Gasteiger partial charge < -0.3 is 20.3 Å². The van der Waals surface area contributed by atoms with Crippen LogP contribution in [0.2, 0.25) is 0 Å². The molecular formula is C18H25N3O3. The molecule has 2 rings (SSSR count). The van der Waals surface area contributed by atoms with Crippen molar-refractivity contribution in [2.45, 2.75) is 18.9 Å². The van der Waals surface area contributed by atoms with Crippen molar-refractivity contribution in [3.8, 4) is 5.75 Å². The number of hydrogen-bond donors (Lipinski definition) is 1. The summed E-state index contributed by atoms with van der Waals surface area (Å²) in [6.45, 7) is 1.53. The predicted octanol–water partition coefficient (Wildman–Crippen LogP) is 1.33. The number of fused-ring (bicyclic) bond motifs is 1. The van der Waals surface area contributed by atoms with E-state index in [1.54, 1.807) is 11.0 Å². The molecule has 0 fully saturated rings. The van der Waals surface area contributed by atoms with Gasteiger partial charge in [0.1, 0.15) is 5.75 Å². The molecule has 24 heavy (non-hydrogen) atoms. The highest BCUT2D eigenvalue weighted by molar-refractivity contribution is 5.88. The van der Waals surface area contributed by atoms with Crippen molar-refractivity contribution in [1.82, 2.24) is 9.80 Å². The Hall–Kier alpha value is -2.34. The van der Waals surface area contributed by atoms with Gasteiger partial charge in [-0.05, 0) is 20.2 Å². The summed E-state index contributed by atoms with van der Waals surface area (Å²) in [5, 5.41) is 0. The molecule has 130 valence electrons. The molecule has 2 N–H and O–H groups in total. The van der Waals surface area contributed by atoms with Crippen LogP contribution in [-0.2, 0) is 9.59 Å². The van der Waals surface area contributed by atoms with Gasteiger partial charge in [-0.3, -0.25) is 9.59 Å². The molecule has 0 saturated carbocycles. The Morgan fingerprint density at radius 1 is 1.33 bits per heavy atom. The Kier molecular flexibility index (Phi) is 6.37. The number of likely N-dealkylation sites (N-methyl/N-ethyl adjacent to an activating group) is 1. The van der Waals surface area contributed by atoms with Crippen molar-refractivity contribution in [1.29, 1.82) is 0 Å². The highest BCUT2D eigenvalue weighted by atomic mass is 16.5. The van der Waals surface area contributed by atoms with Crippen molar-refractivity contribution in [3.05, 3.63) is 42.0 Å². The van der Waals surface area contributed by atoms with Crippen LogP contribution < -0.4 is 10.5 Å². The fourth-order valence-corrected chi connectivity index (χ4v) is 2.76. The van der Waals surface area contributed by atoms with E-state index < -0.39 is 5.91 Å². The molecule has 2 amide bonds. The van der Waals surface area contributed by atoms with E-state index in [0.29, 0.717) is 26.1 Å². The Morgan fingerprint density at radius 3 is 2.79 bits per heavy atom. The molecule has 1 aromatic carbocycles. The molecule has 6 heteroatoms. The van der Waals surface area contributed by atoms with Crippen LogP contribution in [0.4, 0.5) is 0 Å². The summed E-state index contributed by atoms with van der Waals surface area (Å²) < 4.78 is 5.67. The topological polar surface area (TPSA) is 75.9 Å². The molecule has 1 aromatic rings. The molecular weight excluding hydrogens is 306 g/mol. The number of nitrogens with two attached hydrogens (primary N) is 1. The van der Waals surface area contributed by atoms with Crippen molar-refractivity contribution >= 4 is 11.8 Å². The van der Waals surface area contributed by atoms with E-state index in [2.05, 4.69) is 0 Å². The fourth-order valence-electron chi connectivity index (χ4n) is 2.76. The SMILES string of the molecule is CN(C)C/C=C/C(=O)N(CCC(N)=O)C1CCOc2ccccc21. The summed E-state index contributed by atoms with van der Waals surface area (Å²) in [6.07, 6.45) is 4.24. The Morgan fingerprint density at radius 2 is 2.08 bits per heavy atom. The molecule has 1 unspecified atom stereocenters. The minimum absolute atomic E-state index is 0.106. The van der Waals surface area contributed by atoms with Crippen LogP contribution >= 0.6 is 0 Å². The van der Waals surface area contributed by atoms with Gasteiger partial charge in [0.2, 0.25) is 11.8 Å². The van der Waals surface area contributed by atoms with Crippen LogP contribution in [-0.4, -0.2) is 55.4 Å². The number of rotatable bonds is 7. The maximum atomic E-state index is 12.7. The van der Waals surface area contributed by atoms with Crippen LogP contribution in [0.1, 0.15) is 24.4 Å². The summed E-state index contributed by atoms with van der Waals surface area (Å²) in [5.41, 5.74) is 6.25. The first-order valence-corrected chi connectivity index (χ1v) is 8.11. The van der Waals surface area contributed by atoms with Gasteiger partial charge >= 0.3 is 0 Å². The smallest absolute Gasteiger partial charge is 0.246 e. The summed E-state index contributed by atoms with van der Waals surface area (Å²) in [7, 11) is 3.88. The van der Waals surface area contributed by atoms with Gasteiger partial charge in [0.05, 0.1) is 12.6 Å². The van der Waals surface area contributed by atoms with Gasteiger partial charge in [-0.1, -0.05) is 24.3 Å². The Labute approximate surface area is 142 Å². The third-order valence-corrected chi connectivity index (χ3v) is 3.92. The summed E-state index contributed by atoms with van der Waals surface area (Å²) in [6, 6.07) is 7.60. The average molecular weight is 331 g/mol. The summed E-state index contributed by atoms with van der Waals surface area (Å²) >= 11 is 0. The van der Waals surface area contributed by atoms with Crippen LogP contribution in [0.3, 0.4) is 0 Å². The van der Waals surface area contributed by atoms with Gasteiger partial charge in [0.25, 0.3) is 0 Å². The summed E-state index contributed by atoms with van der Waals surface area (Å²) in [4.78, 5) is 27.6. The molecule has 0 aromatic heterocycles. The first-order valence-electron chi connectivity index (χ1n) is 8.11. The van der Waals surface area contributed by atoms with Crippen LogP contribution in [0, 0.1) is 0 Å². The van der Waals surface area contributed by atoms with E-state index in [0.717, 1.165) is 11.3 Å². The number of benzene rings is 1. The third kappa shape index (κ3) is 4.83. The van der Waals surface area contributed by atoms with E-state index >= 15 is 0 Å². The first kappa shape index (κ1) is 18.0. The Bertz CT molecular complexity index is 613. The lowest BCUT2D eigenvalue weighted by Crippen LogP contribution is -2.38. The first-order chi connectivity index (χ1) is 11.5. The fraction of sp³-hybridized carbons (Fsp3) is 0.444. The normalized spacial score (nSPS) is 16.7. The van der Waals surface area contributed by atoms with E-state index in [1.807, 2.05) is 49.3 Å². The molecule has 0 spiro atoms. The lowest BCUT2D eigenvalue weighted by molar-refractivity contribution is -0.129. The van der Waals surface area contributed by atoms with Gasteiger partial charge in [0.15, 0.2) is 0 Å². The van der Waals surface area contributed by atoms with Gasteiger partial charge in [-0.15, -0.1) is 0 Å². The van der Waals surface area contributed by atoms with Crippen molar-refractivity contribution in [2.75, 3.05) is 33.8 Å². The zero-order chi connectivity index (χ0) is 17.5. The van der Waals surface area contributed by atoms with E-state index in [4.69, 9.17) is 10.5 Å². The zero-order valence-corrected chi connectivity index (χ0v) is 14.3. The number of primary amides is 1. The quantitative estimate of drug-likeness (QED) is 0.765. The molecule has 0 radical (unpaired) electrons. The Balaban J connectivity index is 2.21. The van der Waals surface area contributed by atoms with Gasteiger partial charge in [0, 0.05) is 37.6 Å². The van der Waals surface area contributed by atoms with Crippen LogP contribution in [0.25, 0.3) is 0 Å². The standard InChI is InChI=1S/C18H25N3O3/c1-20(2)11-5-8-18(23)21(12-9-17(19)22)15-10-13-24-16-7-4-3-6-14(15)16/h3-8,15H,9-13H2,1-2H3,(H2,19,22)/b8-5+. The highest BCUT2D eigenvalue weighted by Crippen LogP contribution is 2.35. The van der Waals surface area contributed by atoms with Crippen molar-refractivity contribution in [3.63, 3.8) is 0 Å². The molecule has 6 nitrogen and oxygen atoms in total. The minimum atomic E-state index is -0.412. The lowest BCUT2D eigenvalue weighted by atomic mass is 9.98. The minimum Gasteiger partial charge on any atom is -0.493 e. The van der Waals surface area contributed by atoms with Crippen LogP contribution in [0.15, 0.2) is 36.4 Å². The number of ether oxygens (including phenoxy) is 1. The van der Waals surface area contributed by atoms with Gasteiger partial charge in [-0.25, -0.2) is 0 Å². The second-order valence-corrected chi connectivity index (χ2v) is 6.10. The second-order valence-electron chi connectivity index (χ2n) is 6.10. The van der Waals surface area contributed by atoms with E-state index in [1.165, 1.54) is 0 Å². The molecule has 0 saturated heterocycles. The number of amides is 2. The highest BCUT2D eigenvalue weighted by Gasteiger charge is 2.29. The second kappa shape index (κ2) is 8.49. The van der Waals surface area contributed by atoms with E-state index in [9.17, 15) is 9.59 Å². The molecule has 1 heterocycles. The van der Waals surface area contributed by atoms with E-state index in [-0.39, 0.29) is 18.4 Å². The maximum absolute atomic E-state index is 12.7. The number of nitrogens with zero attached hydrogens (tertiary/aromatic N) is 2. The van der Waals surface area contributed by atoms with Crippen molar-refractivity contribution in [2.24, 2.45) is 5.73 Å². The molecule has 1 atom stereocenters. The molecule has 0 aliphatic carbocycles. The monoisotopic (exact) mass is 331 g/mol. The third-order valence-electron chi connectivity index (χ3n) is 3.92. The van der Waals surface area contributed by atoms with Gasteiger partial charge in [-0.2, -0.15) is 0 Å². The molecule has 0 bridgehead atoms. The maximum Gasteiger partial charge on any atom is 0.246 e. The molecule has 1 aliphatic heterocycles. The average Bonchev–Trinajstić information content (AvgIpc) is 2.54. The zero-order valence-electron chi connectivity index (χ0n) is 14.3. The number of para-hydroxylation sites is 1. The number of carbonyl (C=O) groups excluding carboxylic acids is 2.